The number of rotatable bonds is 4. The van der Waals surface area contributed by atoms with Gasteiger partial charge in [0.25, 0.3) is 0 Å². The van der Waals surface area contributed by atoms with Crippen molar-refractivity contribution >= 4 is 5.69 Å². The third kappa shape index (κ3) is 2.15. The molecule has 1 aromatic rings. The van der Waals surface area contributed by atoms with Gasteiger partial charge in [0.05, 0.1) is 6.33 Å². The van der Waals surface area contributed by atoms with Gasteiger partial charge in [0.15, 0.2) is 0 Å². The Labute approximate surface area is 107 Å². The lowest BCUT2D eigenvalue weighted by Gasteiger charge is -2.20. The third-order valence-corrected chi connectivity index (χ3v) is 3.95. The van der Waals surface area contributed by atoms with Gasteiger partial charge in [-0.3, -0.25) is 0 Å². The number of nitrogens with two attached hydrogens (primary N) is 1. The van der Waals surface area contributed by atoms with Crippen LogP contribution in [0.4, 0.5) is 10.1 Å². The second-order valence-corrected chi connectivity index (χ2v) is 5.31. The van der Waals surface area contributed by atoms with Crippen LogP contribution in [0.5, 0.6) is 0 Å². The summed E-state index contributed by atoms with van der Waals surface area (Å²) in [6.07, 6.45) is 4.39. The zero-order valence-electron chi connectivity index (χ0n) is 10.5. The molecule has 0 saturated heterocycles. The zero-order valence-corrected chi connectivity index (χ0v) is 10.5. The number of hydrogen-bond donors (Lipinski definition) is 1. The second kappa shape index (κ2) is 4.73. The maximum atomic E-state index is 12.6. The summed E-state index contributed by atoms with van der Waals surface area (Å²) < 4.78 is 12.6. The van der Waals surface area contributed by atoms with Crippen molar-refractivity contribution in [3.05, 3.63) is 41.2 Å². The van der Waals surface area contributed by atoms with Gasteiger partial charge >= 0.3 is 0 Å². The molecule has 0 amide bonds. The molecule has 0 unspecified atom stereocenters. The summed E-state index contributed by atoms with van der Waals surface area (Å²) in [6, 6.07) is 6.77. The summed E-state index contributed by atoms with van der Waals surface area (Å²) in [6.45, 7) is 1.88. The Morgan fingerprint density at radius 2 is 2.28 bits per heavy atom. The summed E-state index contributed by atoms with van der Waals surface area (Å²) in [5.74, 6) is 0.801. The molecule has 18 heavy (non-hydrogen) atoms. The molecule has 96 valence electrons. The van der Waals surface area contributed by atoms with Crippen LogP contribution >= 0.6 is 0 Å². The number of halogens is 1. The van der Waals surface area contributed by atoms with E-state index in [0.717, 1.165) is 18.9 Å². The molecule has 0 bridgehead atoms. The van der Waals surface area contributed by atoms with Crippen molar-refractivity contribution in [2.24, 2.45) is 5.73 Å². The second-order valence-electron chi connectivity index (χ2n) is 5.31. The minimum atomic E-state index is 0.294. The van der Waals surface area contributed by atoms with Crippen molar-refractivity contribution in [1.29, 1.82) is 0 Å². The molecule has 1 aliphatic heterocycles. The molecule has 1 saturated carbocycles. The Morgan fingerprint density at radius 3 is 2.94 bits per heavy atom. The molecule has 1 aromatic carbocycles. The van der Waals surface area contributed by atoms with Gasteiger partial charge in [-0.1, -0.05) is 12.1 Å². The first-order chi connectivity index (χ1) is 8.81. The highest BCUT2D eigenvalue weighted by Gasteiger charge is 2.26. The molecule has 3 rings (SSSR count). The fourth-order valence-corrected chi connectivity index (χ4v) is 2.71. The fraction of sp³-hybridized carbons (Fsp3) is 0.467. The lowest BCUT2D eigenvalue weighted by atomic mass is 10.1. The quantitative estimate of drug-likeness (QED) is 0.885. The third-order valence-electron chi connectivity index (χ3n) is 3.95. The molecule has 2 N–H and O–H groups in total. The Morgan fingerprint density at radius 1 is 1.44 bits per heavy atom. The van der Waals surface area contributed by atoms with Crippen LogP contribution in [0, 0.1) is 0 Å². The van der Waals surface area contributed by atoms with Gasteiger partial charge in [0.1, 0.15) is 0 Å². The molecule has 0 atom stereocenters. The van der Waals surface area contributed by atoms with E-state index in [1.165, 1.54) is 29.7 Å². The average Bonchev–Trinajstić information content (AvgIpc) is 3.18. The van der Waals surface area contributed by atoms with Gasteiger partial charge in [-0.25, -0.2) is 4.39 Å². The maximum absolute atomic E-state index is 12.6. The predicted molar refractivity (Wildman–Crippen MR) is 72.6 cm³/mol. The molecule has 2 nitrogen and oxygen atoms in total. The number of nitrogens with zero attached hydrogens (tertiary/aromatic N) is 1. The summed E-state index contributed by atoms with van der Waals surface area (Å²) in [4.78, 5) is 2.23. The SMILES string of the molecule is NC/C(=C\F)CN1CCc2cc(C3CC3)ccc21. The summed E-state index contributed by atoms with van der Waals surface area (Å²) in [7, 11) is 0. The lowest BCUT2D eigenvalue weighted by Crippen LogP contribution is -2.25. The van der Waals surface area contributed by atoms with E-state index in [-0.39, 0.29) is 0 Å². The van der Waals surface area contributed by atoms with Crippen LogP contribution in [0.25, 0.3) is 0 Å². The minimum Gasteiger partial charge on any atom is -0.367 e. The Hall–Kier alpha value is -1.35. The Balaban J connectivity index is 1.79. The minimum absolute atomic E-state index is 0.294. The van der Waals surface area contributed by atoms with Gasteiger partial charge in [0, 0.05) is 25.3 Å². The van der Waals surface area contributed by atoms with Gasteiger partial charge in [-0.15, -0.1) is 0 Å². The Bertz CT molecular complexity index is 477. The average molecular weight is 246 g/mol. The molecule has 1 fully saturated rings. The molecule has 2 aliphatic rings. The van der Waals surface area contributed by atoms with E-state index in [1.54, 1.807) is 0 Å². The van der Waals surface area contributed by atoms with Crippen LogP contribution in [-0.4, -0.2) is 19.6 Å². The largest absolute Gasteiger partial charge is 0.367 e. The first-order valence-corrected chi connectivity index (χ1v) is 6.68. The summed E-state index contributed by atoms with van der Waals surface area (Å²) in [5.41, 5.74) is 10.3. The van der Waals surface area contributed by atoms with Crippen LogP contribution < -0.4 is 10.6 Å². The van der Waals surface area contributed by atoms with Crippen LogP contribution in [0.15, 0.2) is 30.1 Å². The van der Waals surface area contributed by atoms with Crippen molar-refractivity contribution in [3.63, 3.8) is 0 Å². The molecule has 0 spiro atoms. The van der Waals surface area contributed by atoms with E-state index in [9.17, 15) is 4.39 Å². The topological polar surface area (TPSA) is 29.3 Å². The van der Waals surface area contributed by atoms with Crippen LogP contribution in [0.3, 0.4) is 0 Å². The van der Waals surface area contributed by atoms with Gasteiger partial charge < -0.3 is 10.6 Å². The van der Waals surface area contributed by atoms with E-state index in [2.05, 4.69) is 23.1 Å². The summed E-state index contributed by atoms with van der Waals surface area (Å²) >= 11 is 0. The smallest absolute Gasteiger partial charge is 0.0889 e. The number of hydrogen-bond acceptors (Lipinski definition) is 2. The summed E-state index contributed by atoms with van der Waals surface area (Å²) in [5, 5.41) is 0. The lowest BCUT2D eigenvalue weighted by molar-refractivity contribution is 0.695. The molecular formula is C15H19FN2. The molecule has 0 aromatic heterocycles. The van der Waals surface area contributed by atoms with E-state index >= 15 is 0 Å². The van der Waals surface area contributed by atoms with E-state index in [4.69, 9.17) is 5.73 Å². The standard InChI is InChI=1S/C15H19FN2/c16-8-11(9-17)10-18-6-5-14-7-13(12-1-2-12)3-4-15(14)18/h3-4,7-8,12H,1-2,5-6,9-10,17H2/b11-8+. The van der Waals surface area contributed by atoms with Crippen LogP contribution in [-0.2, 0) is 6.42 Å². The fourth-order valence-electron chi connectivity index (χ4n) is 2.71. The Kier molecular flexibility index (Phi) is 3.08. The maximum Gasteiger partial charge on any atom is 0.0889 e. The predicted octanol–water partition coefficient (Wildman–Crippen LogP) is 2.74. The highest BCUT2D eigenvalue weighted by Crippen LogP contribution is 2.42. The first kappa shape index (κ1) is 11.7. The molecular weight excluding hydrogens is 227 g/mol. The molecule has 0 radical (unpaired) electrons. The van der Waals surface area contributed by atoms with Gasteiger partial charge in [0.2, 0.25) is 0 Å². The molecule has 1 heterocycles. The van der Waals surface area contributed by atoms with Gasteiger partial charge in [-0.2, -0.15) is 0 Å². The molecule has 1 aliphatic carbocycles. The van der Waals surface area contributed by atoms with Crippen LogP contribution in [0.2, 0.25) is 0 Å². The van der Waals surface area contributed by atoms with E-state index in [0.29, 0.717) is 25.0 Å². The van der Waals surface area contributed by atoms with E-state index in [1.807, 2.05) is 0 Å². The number of anilines is 1. The number of fused-ring (bicyclic) bond motifs is 1. The van der Waals surface area contributed by atoms with Crippen LogP contribution in [0.1, 0.15) is 29.9 Å². The highest BCUT2D eigenvalue weighted by molar-refractivity contribution is 5.60. The zero-order chi connectivity index (χ0) is 12.5. The van der Waals surface area contributed by atoms with E-state index < -0.39 is 0 Å². The van der Waals surface area contributed by atoms with Crippen molar-refractivity contribution in [2.75, 3.05) is 24.5 Å². The normalized spacial score (nSPS) is 19.2. The van der Waals surface area contributed by atoms with Crippen molar-refractivity contribution in [3.8, 4) is 0 Å². The highest BCUT2D eigenvalue weighted by atomic mass is 19.1. The van der Waals surface area contributed by atoms with Crippen molar-refractivity contribution in [1.82, 2.24) is 0 Å². The molecule has 3 heteroatoms. The number of benzene rings is 1. The van der Waals surface area contributed by atoms with Crippen molar-refractivity contribution < 1.29 is 4.39 Å². The van der Waals surface area contributed by atoms with Crippen molar-refractivity contribution in [2.45, 2.75) is 25.2 Å². The van der Waals surface area contributed by atoms with Gasteiger partial charge in [-0.05, 0) is 47.9 Å². The first-order valence-electron chi connectivity index (χ1n) is 6.68. The monoisotopic (exact) mass is 246 g/mol.